The van der Waals surface area contributed by atoms with Gasteiger partial charge >= 0.3 is 5.97 Å². The van der Waals surface area contributed by atoms with Crippen LogP contribution in [-0.4, -0.2) is 67.0 Å². The fourth-order valence-corrected chi connectivity index (χ4v) is 3.88. The third kappa shape index (κ3) is 8.05. The Labute approximate surface area is 232 Å². The molecule has 0 aliphatic heterocycles. The van der Waals surface area contributed by atoms with E-state index in [9.17, 15) is 25.2 Å². The first-order valence-corrected chi connectivity index (χ1v) is 12.5. The lowest BCUT2D eigenvalue weighted by molar-refractivity contribution is -0.137. The van der Waals surface area contributed by atoms with Crippen molar-refractivity contribution in [2.24, 2.45) is 0 Å². The molecule has 0 heterocycles. The molecule has 214 valence electrons. The Bertz CT molecular complexity index is 1300. The number of ether oxygens (including phenoxy) is 5. The molecule has 0 aliphatic carbocycles. The molecule has 3 aromatic rings. The molecule has 0 bridgehead atoms. The number of methoxy groups -OCH3 is 3. The smallest absolute Gasteiger partial charge is 0.330 e. The zero-order valence-corrected chi connectivity index (χ0v) is 22.6. The van der Waals surface area contributed by atoms with E-state index in [-0.39, 0.29) is 23.9 Å². The van der Waals surface area contributed by atoms with Gasteiger partial charge < -0.3 is 44.1 Å². The fraction of sp³-hybridized carbons (Fsp3) is 0.300. The summed E-state index contributed by atoms with van der Waals surface area (Å²) in [5.74, 6) is 0.692. The van der Waals surface area contributed by atoms with Crippen molar-refractivity contribution in [1.29, 1.82) is 0 Å². The highest BCUT2D eigenvalue weighted by molar-refractivity contribution is 5.87. The molecule has 0 saturated carbocycles. The lowest BCUT2D eigenvalue weighted by Gasteiger charge is -2.24. The summed E-state index contributed by atoms with van der Waals surface area (Å²) in [7, 11) is 4.33. The Hall–Kier alpha value is -4.41. The van der Waals surface area contributed by atoms with Gasteiger partial charge in [0, 0.05) is 6.08 Å². The molecule has 0 unspecified atom stereocenters. The number of hydrogen-bond acceptors (Lipinski definition) is 10. The van der Waals surface area contributed by atoms with E-state index in [1.807, 2.05) is 6.07 Å². The van der Waals surface area contributed by atoms with E-state index in [0.717, 1.165) is 5.56 Å². The van der Waals surface area contributed by atoms with Gasteiger partial charge in [-0.05, 0) is 72.0 Å². The van der Waals surface area contributed by atoms with Crippen molar-refractivity contribution >= 4 is 12.0 Å². The summed E-state index contributed by atoms with van der Waals surface area (Å²) in [4.78, 5) is 12.0. The van der Waals surface area contributed by atoms with Crippen molar-refractivity contribution in [2.45, 2.75) is 25.0 Å². The lowest BCUT2D eigenvalue weighted by Crippen LogP contribution is -2.29. The van der Waals surface area contributed by atoms with Gasteiger partial charge in [-0.15, -0.1) is 0 Å². The zero-order valence-electron chi connectivity index (χ0n) is 22.6. The van der Waals surface area contributed by atoms with Crippen molar-refractivity contribution in [2.75, 3.05) is 34.5 Å². The molecule has 0 fully saturated rings. The number of carbonyl (C=O) groups excluding carboxylic acids is 1. The van der Waals surface area contributed by atoms with E-state index < -0.39 is 24.8 Å². The van der Waals surface area contributed by atoms with Gasteiger partial charge in [-0.2, -0.15) is 0 Å². The van der Waals surface area contributed by atoms with Gasteiger partial charge in [-0.1, -0.05) is 18.2 Å². The van der Waals surface area contributed by atoms with E-state index in [1.54, 1.807) is 30.3 Å². The normalized spacial score (nSPS) is 12.5. The number of aliphatic hydroxyl groups excluding tert-OH is 2. The number of phenolic OH excluding ortho intramolecular Hbond substituents is 2. The fourth-order valence-electron chi connectivity index (χ4n) is 3.88. The van der Waals surface area contributed by atoms with Crippen LogP contribution in [0.2, 0.25) is 0 Å². The first kappa shape index (κ1) is 30.1. The molecule has 0 spiro atoms. The van der Waals surface area contributed by atoms with Gasteiger partial charge in [0.1, 0.15) is 6.10 Å². The largest absolute Gasteiger partial charge is 0.504 e. The van der Waals surface area contributed by atoms with Gasteiger partial charge in [0.05, 0.1) is 34.5 Å². The topological polar surface area (TPSA) is 144 Å². The second kappa shape index (κ2) is 14.7. The van der Waals surface area contributed by atoms with Crippen molar-refractivity contribution in [3.63, 3.8) is 0 Å². The molecular weight excluding hydrogens is 520 g/mol. The van der Waals surface area contributed by atoms with E-state index >= 15 is 0 Å². The third-order valence-corrected chi connectivity index (χ3v) is 6.05. The van der Waals surface area contributed by atoms with E-state index in [4.69, 9.17) is 23.7 Å². The Morgan fingerprint density at radius 1 is 0.850 bits per heavy atom. The standard InChI is InChI=1S/C30H34O10/c1-36-25-15-20(6-10-22(25)32)8-13-29(34)39-14-4-5-19-7-12-24(27(16-19)38-3)40-28(18-31)30(35)21-9-11-23(33)26(17-21)37-2/h6-13,15-17,28,30-33,35H,4-5,14,18H2,1-3H3/t28-,30+/m1/s1. The average molecular weight is 555 g/mol. The highest BCUT2D eigenvalue weighted by atomic mass is 16.5. The Morgan fingerprint density at radius 3 is 2.20 bits per heavy atom. The summed E-state index contributed by atoms with van der Waals surface area (Å²) in [6.07, 6.45) is 1.83. The number of esters is 1. The molecule has 40 heavy (non-hydrogen) atoms. The highest BCUT2D eigenvalue weighted by Gasteiger charge is 2.24. The minimum absolute atomic E-state index is 0.0133. The molecule has 0 saturated heterocycles. The maximum absolute atomic E-state index is 12.0. The second-order valence-electron chi connectivity index (χ2n) is 8.74. The number of hydrogen-bond donors (Lipinski definition) is 4. The zero-order chi connectivity index (χ0) is 29.1. The van der Waals surface area contributed by atoms with Gasteiger partial charge in [0.2, 0.25) is 0 Å². The minimum atomic E-state index is -1.20. The number of phenols is 2. The molecule has 3 rings (SSSR count). The van der Waals surface area contributed by atoms with Crippen LogP contribution in [0.25, 0.3) is 6.08 Å². The maximum Gasteiger partial charge on any atom is 0.330 e. The van der Waals surface area contributed by atoms with Crippen LogP contribution >= 0.6 is 0 Å². The number of aromatic hydroxyl groups is 2. The summed E-state index contributed by atoms with van der Waals surface area (Å²) in [6.45, 7) is -0.271. The molecule has 0 aliphatic rings. The third-order valence-electron chi connectivity index (χ3n) is 6.05. The van der Waals surface area contributed by atoms with E-state index in [0.29, 0.717) is 41.2 Å². The molecule has 0 aromatic heterocycles. The van der Waals surface area contributed by atoms with Gasteiger partial charge in [-0.25, -0.2) is 4.79 Å². The molecule has 2 atom stereocenters. The summed E-state index contributed by atoms with van der Waals surface area (Å²) >= 11 is 0. The van der Waals surface area contributed by atoms with Crippen LogP contribution in [0, 0.1) is 0 Å². The number of aryl methyl sites for hydroxylation is 1. The van der Waals surface area contributed by atoms with Crippen LogP contribution < -0.4 is 18.9 Å². The van der Waals surface area contributed by atoms with Crippen LogP contribution in [0.4, 0.5) is 0 Å². The van der Waals surface area contributed by atoms with Crippen LogP contribution in [0.1, 0.15) is 29.2 Å². The molecular formula is C30H34O10. The monoisotopic (exact) mass is 554 g/mol. The number of benzene rings is 3. The molecule has 0 amide bonds. The first-order chi connectivity index (χ1) is 19.3. The van der Waals surface area contributed by atoms with Gasteiger partial charge in [0.25, 0.3) is 0 Å². The quantitative estimate of drug-likeness (QED) is 0.132. The summed E-state index contributed by atoms with van der Waals surface area (Å²) in [5, 5.41) is 40.1. The molecule has 10 nitrogen and oxygen atoms in total. The summed E-state index contributed by atoms with van der Waals surface area (Å²) < 4.78 is 26.7. The van der Waals surface area contributed by atoms with Crippen molar-refractivity contribution in [1.82, 2.24) is 0 Å². The maximum atomic E-state index is 12.0. The molecule has 3 aromatic carbocycles. The summed E-state index contributed by atoms with van der Waals surface area (Å²) in [5.41, 5.74) is 1.99. The van der Waals surface area contributed by atoms with Gasteiger partial charge in [0.15, 0.2) is 40.6 Å². The highest BCUT2D eigenvalue weighted by Crippen LogP contribution is 2.34. The van der Waals surface area contributed by atoms with Crippen molar-refractivity contribution < 1.29 is 48.9 Å². The molecule has 0 radical (unpaired) electrons. The van der Waals surface area contributed by atoms with E-state index in [2.05, 4.69) is 0 Å². The summed E-state index contributed by atoms with van der Waals surface area (Å²) in [6, 6.07) is 14.4. The Balaban J connectivity index is 1.54. The lowest BCUT2D eigenvalue weighted by atomic mass is 10.0. The molecule has 10 heteroatoms. The van der Waals surface area contributed by atoms with Crippen molar-refractivity contribution in [3.8, 4) is 34.5 Å². The first-order valence-electron chi connectivity index (χ1n) is 12.5. The molecule has 4 N–H and O–H groups in total. The minimum Gasteiger partial charge on any atom is -0.504 e. The predicted octanol–water partition coefficient (Wildman–Crippen LogP) is 3.79. The SMILES string of the molecule is COc1cc(C=CC(=O)OCCCc2ccc(O[C@H](CO)[C@@H](O)c3ccc(O)c(OC)c3)c(OC)c2)ccc1O. The Kier molecular flexibility index (Phi) is 11.0. The predicted molar refractivity (Wildman–Crippen MR) is 147 cm³/mol. The van der Waals surface area contributed by atoms with Gasteiger partial charge in [-0.3, -0.25) is 0 Å². The number of aliphatic hydroxyl groups is 2. The van der Waals surface area contributed by atoms with Crippen LogP contribution in [0.5, 0.6) is 34.5 Å². The number of rotatable bonds is 14. The van der Waals surface area contributed by atoms with Crippen molar-refractivity contribution in [3.05, 3.63) is 77.4 Å². The number of carbonyl (C=O) groups is 1. The average Bonchev–Trinajstić information content (AvgIpc) is 2.97. The second-order valence-corrected chi connectivity index (χ2v) is 8.74. The Morgan fingerprint density at radius 2 is 1.52 bits per heavy atom. The van der Waals surface area contributed by atoms with Crippen LogP contribution in [0.15, 0.2) is 60.7 Å². The van der Waals surface area contributed by atoms with Crippen LogP contribution in [-0.2, 0) is 16.0 Å². The van der Waals surface area contributed by atoms with Crippen LogP contribution in [0.3, 0.4) is 0 Å². The van der Waals surface area contributed by atoms with E-state index in [1.165, 1.54) is 51.7 Å².